The Balaban J connectivity index is 3.01. The molecule has 1 atom stereocenters. The van der Waals surface area contributed by atoms with E-state index in [1.165, 1.54) is 16.6 Å². The molecule has 1 aromatic rings. The predicted molar refractivity (Wildman–Crippen MR) is 77.7 cm³/mol. The molecule has 0 aliphatic heterocycles. The molecular weight excluding hydrogens is 262 g/mol. The lowest BCUT2D eigenvalue weighted by Gasteiger charge is -2.23. The summed E-state index contributed by atoms with van der Waals surface area (Å²) in [5, 5.41) is 3.09. The monoisotopic (exact) mass is 285 g/mol. The molecule has 0 amide bonds. The van der Waals surface area contributed by atoms with E-state index < -0.39 is 10.0 Å². The highest BCUT2D eigenvalue weighted by atomic mass is 32.2. The fourth-order valence-electron chi connectivity index (χ4n) is 1.58. The summed E-state index contributed by atoms with van der Waals surface area (Å²) in [5.74, 6) is 0.598. The minimum atomic E-state index is -3.44. The summed E-state index contributed by atoms with van der Waals surface area (Å²) in [6.07, 6.45) is 3.27. The predicted octanol–water partition coefficient (Wildman–Crippen LogP) is 2.32. The maximum absolute atomic E-state index is 12.4. The van der Waals surface area contributed by atoms with Gasteiger partial charge in [0.05, 0.1) is 4.90 Å². The van der Waals surface area contributed by atoms with Crippen LogP contribution in [0.2, 0.25) is 0 Å². The zero-order valence-corrected chi connectivity index (χ0v) is 12.9. The van der Waals surface area contributed by atoms with Gasteiger partial charge in [0.1, 0.15) is 5.82 Å². The van der Waals surface area contributed by atoms with Crippen LogP contribution in [-0.4, -0.2) is 37.3 Å². The second-order valence-electron chi connectivity index (χ2n) is 4.58. The normalized spacial score (nSPS) is 13.5. The van der Waals surface area contributed by atoms with Gasteiger partial charge >= 0.3 is 0 Å². The topological polar surface area (TPSA) is 62.3 Å². The molecule has 1 N–H and O–H groups in total. The lowest BCUT2D eigenvalue weighted by molar-refractivity contribution is 0.380. The van der Waals surface area contributed by atoms with Crippen LogP contribution in [0.15, 0.2) is 23.2 Å². The van der Waals surface area contributed by atoms with Gasteiger partial charge in [-0.05, 0) is 25.8 Å². The van der Waals surface area contributed by atoms with Crippen LogP contribution >= 0.6 is 0 Å². The van der Waals surface area contributed by atoms with Crippen molar-refractivity contribution < 1.29 is 8.42 Å². The van der Waals surface area contributed by atoms with Crippen molar-refractivity contribution >= 4 is 15.8 Å². The van der Waals surface area contributed by atoms with Gasteiger partial charge in [-0.15, -0.1) is 0 Å². The van der Waals surface area contributed by atoms with E-state index in [0.29, 0.717) is 5.82 Å². The minimum Gasteiger partial charge on any atom is -0.370 e. The van der Waals surface area contributed by atoms with Crippen LogP contribution < -0.4 is 5.32 Å². The van der Waals surface area contributed by atoms with Crippen molar-refractivity contribution in [1.29, 1.82) is 0 Å². The SMILES string of the molecule is CCCNc1cc(S(=O)(=O)N(C)C(C)CC)ccn1. The largest absolute Gasteiger partial charge is 0.370 e. The Morgan fingerprint density at radius 2 is 2.11 bits per heavy atom. The lowest BCUT2D eigenvalue weighted by atomic mass is 10.3. The van der Waals surface area contributed by atoms with Gasteiger partial charge in [-0.2, -0.15) is 4.31 Å². The third-order valence-corrected chi connectivity index (χ3v) is 5.14. The molecule has 108 valence electrons. The summed E-state index contributed by atoms with van der Waals surface area (Å²) in [4.78, 5) is 4.40. The highest BCUT2D eigenvalue weighted by Crippen LogP contribution is 2.19. The first-order valence-corrected chi connectivity index (χ1v) is 8.05. The molecule has 0 radical (unpaired) electrons. The Kier molecular flexibility index (Phi) is 5.75. The zero-order chi connectivity index (χ0) is 14.5. The van der Waals surface area contributed by atoms with Gasteiger partial charge in [0.15, 0.2) is 0 Å². The van der Waals surface area contributed by atoms with Crippen LogP contribution in [0.4, 0.5) is 5.82 Å². The average molecular weight is 285 g/mol. The van der Waals surface area contributed by atoms with E-state index in [0.717, 1.165) is 19.4 Å². The summed E-state index contributed by atoms with van der Waals surface area (Å²) < 4.78 is 26.3. The van der Waals surface area contributed by atoms with Gasteiger partial charge < -0.3 is 5.32 Å². The van der Waals surface area contributed by atoms with E-state index >= 15 is 0 Å². The van der Waals surface area contributed by atoms with Gasteiger partial charge in [0, 0.05) is 31.9 Å². The summed E-state index contributed by atoms with van der Waals surface area (Å²) in [6, 6.07) is 3.10. The quantitative estimate of drug-likeness (QED) is 0.835. The van der Waals surface area contributed by atoms with Crippen LogP contribution in [0.5, 0.6) is 0 Å². The Bertz CT molecular complexity index is 502. The maximum Gasteiger partial charge on any atom is 0.243 e. The van der Waals surface area contributed by atoms with Gasteiger partial charge in [0.2, 0.25) is 10.0 Å². The molecule has 6 heteroatoms. The molecule has 0 fully saturated rings. The number of pyridine rings is 1. The van der Waals surface area contributed by atoms with Crippen molar-refractivity contribution in [2.45, 2.75) is 44.6 Å². The summed E-state index contributed by atoms with van der Waals surface area (Å²) in [7, 11) is -1.83. The molecule has 0 aliphatic carbocycles. The fourth-order valence-corrected chi connectivity index (χ4v) is 3.03. The average Bonchev–Trinajstić information content (AvgIpc) is 2.43. The number of hydrogen-bond acceptors (Lipinski definition) is 4. The van der Waals surface area contributed by atoms with Crippen LogP contribution in [0.1, 0.15) is 33.6 Å². The van der Waals surface area contributed by atoms with E-state index in [2.05, 4.69) is 10.3 Å². The molecule has 1 rings (SSSR count). The van der Waals surface area contributed by atoms with E-state index in [9.17, 15) is 8.42 Å². The molecule has 0 saturated heterocycles. The highest BCUT2D eigenvalue weighted by Gasteiger charge is 2.24. The standard InChI is InChI=1S/C13H23N3O2S/c1-5-8-14-13-10-12(7-9-15-13)19(17,18)16(4)11(3)6-2/h7,9-11H,5-6,8H2,1-4H3,(H,14,15). The number of rotatable bonds is 7. The molecule has 19 heavy (non-hydrogen) atoms. The smallest absolute Gasteiger partial charge is 0.243 e. The fraction of sp³-hybridized carbons (Fsp3) is 0.615. The van der Waals surface area contributed by atoms with Crippen LogP contribution in [-0.2, 0) is 10.0 Å². The molecule has 0 bridgehead atoms. The van der Waals surface area contributed by atoms with Gasteiger partial charge in [-0.3, -0.25) is 0 Å². The van der Waals surface area contributed by atoms with Crippen LogP contribution in [0.3, 0.4) is 0 Å². The first kappa shape index (κ1) is 15.9. The van der Waals surface area contributed by atoms with E-state index in [1.807, 2.05) is 20.8 Å². The van der Waals surface area contributed by atoms with Crippen LogP contribution in [0.25, 0.3) is 0 Å². The summed E-state index contributed by atoms with van der Waals surface area (Å²) >= 11 is 0. The summed E-state index contributed by atoms with van der Waals surface area (Å²) in [5.41, 5.74) is 0. The first-order chi connectivity index (χ1) is 8.93. The van der Waals surface area contributed by atoms with Gasteiger partial charge in [0.25, 0.3) is 0 Å². The highest BCUT2D eigenvalue weighted by molar-refractivity contribution is 7.89. The number of nitrogens with zero attached hydrogens (tertiary/aromatic N) is 2. The van der Waals surface area contributed by atoms with Crippen molar-refractivity contribution in [3.8, 4) is 0 Å². The van der Waals surface area contributed by atoms with Crippen molar-refractivity contribution in [1.82, 2.24) is 9.29 Å². The van der Waals surface area contributed by atoms with E-state index in [1.54, 1.807) is 13.1 Å². The third kappa shape index (κ3) is 3.91. The zero-order valence-electron chi connectivity index (χ0n) is 12.0. The molecule has 0 aliphatic rings. The first-order valence-electron chi connectivity index (χ1n) is 6.61. The maximum atomic E-state index is 12.4. The molecule has 5 nitrogen and oxygen atoms in total. The Morgan fingerprint density at radius 1 is 1.42 bits per heavy atom. The Hall–Kier alpha value is -1.14. The van der Waals surface area contributed by atoms with Gasteiger partial charge in [-0.1, -0.05) is 13.8 Å². The molecule has 0 spiro atoms. The van der Waals surface area contributed by atoms with Gasteiger partial charge in [-0.25, -0.2) is 13.4 Å². The number of nitrogens with one attached hydrogen (secondary N) is 1. The van der Waals surface area contributed by atoms with Crippen molar-refractivity contribution in [3.05, 3.63) is 18.3 Å². The Labute approximate surface area is 116 Å². The molecular formula is C13H23N3O2S. The summed E-state index contributed by atoms with van der Waals surface area (Å²) in [6.45, 7) is 6.69. The van der Waals surface area contributed by atoms with E-state index in [4.69, 9.17) is 0 Å². The third-order valence-electron chi connectivity index (χ3n) is 3.18. The lowest BCUT2D eigenvalue weighted by Crippen LogP contribution is -2.34. The number of anilines is 1. The molecule has 0 aromatic carbocycles. The van der Waals surface area contributed by atoms with Crippen molar-refractivity contribution in [2.75, 3.05) is 18.9 Å². The van der Waals surface area contributed by atoms with Crippen molar-refractivity contribution in [2.24, 2.45) is 0 Å². The number of aromatic nitrogens is 1. The second kappa shape index (κ2) is 6.86. The van der Waals surface area contributed by atoms with Crippen molar-refractivity contribution in [3.63, 3.8) is 0 Å². The molecule has 1 unspecified atom stereocenters. The number of hydrogen-bond donors (Lipinski definition) is 1. The molecule has 1 heterocycles. The van der Waals surface area contributed by atoms with Crippen LogP contribution in [0, 0.1) is 0 Å². The van der Waals surface area contributed by atoms with E-state index in [-0.39, 0.29) is 10.9 Å². The Morgan fingerprint density at radius 3 is 2.68 bits per heavy atom. The minimum absolute atomic E-state index is 0.0229. The molecule has 0 saturated carbocycles. The second-order valence-corrected chi connectivity index (χ2v) is 6.58. The number of sulfonamides is 1. The molecule has 1 aromatic heterocycles.